The topological polar surface area (TPSA) is 59.8 Å². The van der Waals surface area contributed by atoms with Gasteiger partial charge in [0.25, 0.3) is 0 Å². The standard InChI is InChI=1S/C9H15ClN4O/c1-6(2)12-9(15)7(3)14-5-11-13-8(14)4-10/h5-7H,4H2,1-3H3,(H,12,15). The van der Waals surface area contributed by atoms with Gasteiger partial charge in [0.15, 0.2) is 0 Å². The van der Waals surface area contributed by atoms with Crippen LogP contribution in [-0.4, -0.2) is 26.7 Å². The van der Waals surface area contributed by atoms with E-state index in [0.29, 0.717) is 5.82 Å². The molecule has 1 N–H and O–H groups in total. The molecule has 0 radical (unpaired) electrons. The lowest BCUT2D eigenvalue weighted by atomic mass is 10.2. The van der Waals surface area contributed by atoms with Crippen molar-refractivity contribution in [1.29, 1.82) is 0 Å². The number of nitrogens with zero attached hydrogens (tertiary/aromatic N) is 3. The average molecular weight is 231 g/mol. The normalized spacial score (nSPS) is 12.9. The molecule has 0 saturated heterocycles. The van der Waals surface area contributed by atoms with Crippen molar-refractivity contribution in [2.75, 3.05) is 0 Å². The third kappa shape index (κ3) is 2.92. The van der Waals surface area contributed by atoms with Crippen LogP contribution in [0.1, 0.15) is 32.6 Å². The molecule has 0 aliphatic heterocycles. The second-order valence-corrected chi connectivity index (χ2v) is 3.89. The summed E-state index contributed by atoms with van der Waals surface area (Å²) >= 11 is 5.67. The van der Waals surface area contributed by atoms with Crippen LogP contribution in [-0.2, 0) is 10.7 Å². The molecule has 1 unspecified atom stereocenters. The van der Waals surface area contributed by atoms with Gasteiger partial charge < -0.3 is 9.88 Å². The number of nitrogens with one attached hydrogen (secondary N) is 1. The highest BCUT2D eigenvalue weighted by molar-refractivity contribution is 6.16. The number of hydrogen-bond acceptors (Lipinski definition) is 3. The first-order valence-electron chi connectivity index (χ1n) is 4.81. The van der Waals surface area contributed by atoms with Gasteiger partial charge in [0.1, 0.15) is 18.2 Å². The number of carbonyl (C=O) groups excluding carboxylic acids is 1. The van der Waals surface area contributed by atoms with Crippen molar-refractivity contribution < 1.29 is 4.79 Å². The fourth-order valence-corrected chi connectivity index (χ4v) is 1.41. The quantitative estimate of drug-likeness (QED) is 0.789. The summed E-state index contributed by atoms with van der Waals surface area (Å²) < 4.78 is 1.67. The lowest BCUT2D eigenvalue weighted by Crippen LogP contribution is -2.35. The van der Waals surface area contributed by atoms with Crippen molar-refractivity contribution >= 4 is 17.5 Å². The summed E-state index contributed by atoms with van der Waals surface area (Å²) in [6.45, 7) is 5.62. The molecule has 0 spiro atoms. The van der Waals surface area contributed by atoms with Gasteiger partial charge in [-0.2, -0.15) is 0 Å². The van der Waals surface area contributed by atoms with Crippen LogP contribution < -0.4 is 5.32 Å². The highest BCUT2D eigenvalue weighted by Gasteiger charge is 2.18. The maximum atomic E-state index is 11.7. The van der Waals surface area contributed by atoms with Crippen molar-refractivity contribution in [3.8, 4) is 0 Å². The molecule has 1 atom stereocenters. The Labute approximate surface area is 93.8 Å². The SMILES string of the molecule is CC(C)NC(=O)C(C)n1cnnc1CCl. The number of halogens is 1. The number of hydrogen-bond donors (Lipinski definition) is 1. The summed E-state index contributed by atoms with van der Waals surface area (Å²) in [4.78, 5) is 11.7. The van der Waals surface area contributed by atoms with Gasteiger partial charge in [-0.25, -0.2) is 0 Å². The molecule has 0 fully saturated rings. The van der Waals surface area contributed by atoms with E-state index < -0.39 is 0 Å². The largest absolute Gasteiger partial charge is 0.352 e. The zero-order valence-electron chi connectivity index (χ0n) is 9.07. The van der Waals surface area contributed by atoms with E-state index in [9.17, 15) is 4.79 Å². The maximum absolute atomic E-state index is 11.7. The van der Waals surface area contributed by atoms with Crippen molar-refractivity contribution in [2.24, 2.45) is 0 Å². The monoisotopic (exact) mass is 230 g/mol. The number of amides is 1. The van der Waals surface area contributed by atoms with Crippen LogP contribution in [0.3, 0.4) is 0 Å². The van der Waals surface area contributed by atoms with E-state index in [-0.39, 0.29) is 23.9 Å². The molecule has 0 bridgehead atoms. The summed E-state index contributed by atoms with van der Waals surface area (Å²) in [6.07, 6.45) is 1.52. The highest BCUT2D eigenvalue weighted by Crippen LogP contribution is 2.10. The molecule has 0 saturated carbocycles. The average Bonchev–Trinajstić information content (AvgIpc) is 2.62. The first-order chi connectivity index (χ1) is 7.06. The molecule has 1 rings (SSSR count). The molecule has 1 aromatic heterocycles. The van der Waals surface area contributed by atoms with E-state index in [1.807, 2.05) is 13.8 Å². The number of rotatable bonds is 4. The Morgan fingerprint density at radius 3 is 2.80 bits per heavy atom. The molecule has 6 heteroatoms. The summed E-state index contributed by atoms with van der Waals surface area (Å²) in [5.41, 5.74) is 0. The number of carbonyl (C=O) groups is 1. The fourth-order valence-electron chi connectivity index (χ4n) is 1.22. The van der Waals surface area contributed by atoms with Gasteiger partial charge in [0.2, 0.25) is 5.91 Å². The van der Waals surface area contributed by atoms with Crippen LogP contribution in [0.4, 0.5) is 0 Å². The van der Waals surface area contributed by atoms with E-state index in [0.717, 1.165) is 0 Å². The lowest BCUT2D eigenvalue weighted by Gasteiger charge is -2.16. The lowest BCUT2D eigenvalue weighted by molar-refractivity contribution is -0.124. The van der Waals surface area contributed by atoms with Gasteiger partial charge in [-0.15, -0.1) is 21.8 Å². The Morgan fingerprint density at radius 1 is 1.60 bits per heavy atom. The third-order valence-corrected chi connectivity index (χ3v) is 2.23. The zero-order chi connectivity index (χ0) is 11.4. The third-order valence-electron chi connectivity index (χ3n) is 1.99. The number of alkyl halides is 1. The van der Waals surface area contributed by atoms with Crippen LogP contribution >= 0.6 is 11.6 Å². The van der Waals surface area contributed by atoms with Crippen LogP contribution in [0.5, 0.6) is 0 Å². The molecule has 1 heterocycles. The molecule has 5 nitrogen and oxygen atoms in total. The van der Waals surface area contributed by atoms with Crippen LogP contribution in [0, 0.1) is 0 Å². The molecule has 84 valence electrons. The molecule has 0 aromatic carbocycles. The van der Waals surface area contributed by atoms with Gasteiger partial charge in [0.05, 0.1) is 5.88 Å². The summed E-state index contributed by atoms with van der Waals surface area (Å²) in [5.74, 6) is 0.790. The summed E-state index contributed by atoms with van der Waals surface area (Å²) in [5, 5.41) is 10.4. The molecule has 0 aliphatic rings. The predicted octanol–water partition coefficient (Wildman–Crippen LogP) is 1.10. The summed E-state index contributed by atoms with van der Waals surface area (Å²) in [6, 6.07) is -0.216. The molecule has 1 amide bonds. The van der Waals surface area contributed by atoms with E-state index in [1.165, 1.54) is 6.33 Å². The van der Waals surface area contributed by atoms with E-state index >= 15 is 0 Å². The van der Waals surface area contributed by atoms with Crippen LogP contribution in [0.2, 0.25) is 0 Å². The Kier molecular flexibility index (Phi) is 4.08. The van der Waals surface area contributed by atoms with Gasteiger partial charge in [-0.3, -0.25) is 4.79 Å². The molecule has 0 aliphatic carbocycles. The van der Waals surface area contributed by atoms with Crippen molar-refractivity contribution in [3.63, 3.8) is 0 Å². The first-order valence-corrected chi connectivity index (χ1v) is 5.34. The fraction of sp³-hybridized carbons (Fsp3) is 0.667. The molecular formula is C9H15ClN4O. The Morgan fingerprint density at radius 2 is 2.27 bits per heavy atom. The van der Waals surface area contributed by atoms with Gasteiger partial charge in [0, 0.05) is 6.04 Å². The number of aromatic nitrogens is 3. The minimum Gasteiger partial charge on any atom is -0.352 e. The van der Waals surface area contributed by atoms with Crippen molar-refractivity contribution in [2.45, 2.75) is 38.7 Å². The van der Waals surface area contributed by atoms with Crippen LogP contribution in [0.15, 0.2) is 6.33 Å². The van der Waals surface area contributed by atoms with Gasteiger partial charge in [-0.1, -0.05) is 0 Å². The maximum Gasteiger partial charge on any atom is 0.243 e. The van der Waals surface area contributed by atoms with E-state index in [2.05, 4.69) is 15.5 Å². The minimum absolute atomic E-state index is 0.0591. The smallest absolute Gasteiger partial charge is 0.243 e. The Hall–Kier alpha value is -1.10. The van der Waals surface area contributed by atoms with E-state index in [1.54, 1.807) is 11.5 Å². The minimum atomic E-state index is -0.337. The first kappa shape index (κ1) is 12.0. The second-order valence-electron chi connectivity index (χ2n) is 3.63. The van der Waals surface area contributed by atoms with Gasteiger partial charge >= 0.3 is 0 Å². The Balaban J connectivity index is 2.75. The Bertz CT molecular complexity index is 337. The van der Waals surface area contributed by atoms with Crippen LogP contribution in [0.25, 0.3) is 0 Å². The van der Waals surface area contributed by atoms with E-state index in [4.69, 9.17) is 11.6 Å². The summed E-state index contributed by atoms with van der Waals surface area (Å²) in [7, 11) is 0. The van der Waals surface area contributed by atoms with Crippen molar-refractivity contribution in [1.82, 2.24) is 20.1 Å². The molecular weight excluding hydrogens is 216 g/mol. The molecule has 1 aromatic rings. The molecule has 15 heavy (non-hydrogen) atoms. The van der Waals surface area contributed by atoms with Gasteiger partial charge in [-0.05, 0) is 20.8 Å². The zero-order valence-corrected chi connectivity index (χ0v) is 9.82. The second kappa shape index (κ2) is 5.11. The van der Waals surface area contributed by atoms with Crippen molar-refractivity contribution in [3.05, 3.63) is 12.2 Å². The highest BCUT2D eigenvalue weighted by atomic mass is 35.5. The predicted molar refractivity (Wildman–Crippen MR) is 57.6 cm³/mol.